The molecule has 10 aliphatic rings. The highest BCUT2D eigenvalue weighted by molar-refractivity contribution is 7.80. The second-order valence-electron chi connectivity index (χ2n) is 29.9. The van der Waals surface area contributed by atoms with E-state index in [2.05, 4.69) is 19.9 Å². The molecule has 0 aromatic heterocycles. The van der Waals surface area contributed by atoms with Gasteiger partial charge in [-0.2, -0.15) is 8.42 Å². The summed E-state index contributed by atoms with van der Waals surface area (Å²) in [5.41, 5.74) is -1.39. The smallest absolute Gasteiger partial charge is 0.394 e. The highest BCUT2D eigenvalue weighted by Crippen LogP contribution is 2.67. The van der Waals surface area contributed by atoms with Gasteiger partial charge in [0.15, 0.2) is 37.7 Å². The van der Waals surface area contributed by atoms with Crippen molar-refractivity contribution < 1.29 is 160 Å². The Kier molecular flexibility index (Phi) is 24.3. The van der Waals surface area contributed by atoms with Crippen LogP contribution in [0.15, 0.2) is 11.6 Å². The zero-order valence-corrected chi connectivity index (χ0v) is 56.6. The first-order valence-electron chi connectivity index (χ1n) is 33.9. The van der Waals surface area contributed by atoms with E-state index in [0.29, 0.717) is 32.1 Å². The van der Waals surface area contributed by atoms with Gasteiger partial charge in [-0.05, 0) is 120 Å². The Morgan fingerprint density at radius 1 is 0.546 bits per heavy atom. The average Bonchev–Trinajstić information content (AvgIpc) is 1.67. The zero-order valence-electron chi connectivity index (χ0n) is 55.8. The van der Waals surface area contributed by atoms with Crippen LogP contribution in [0, 0.1) is 40.4 Å². The quantitative estimate of drug-likeness (QED) is 0.0381. The maximum atomic E-state index is 13.3. The molecule has 3 saturated carbocycles. The molecule has 0 amide bonds. The molecule has 9 fully saturated rings. The summed E-state index contributed by atoms with van der Waals surface area (Å²) >= 11 is 0. The van der Waals surface area contributed by atoms with Gasteiger partial charge in [-0.15, -0.1) is 0 Å². The molecule has 33 nitrogen and oxygen atoms in total. The van der Waals surface area contributed by atoms with Crippen LogP contribution in [0.5, 0.6) is 0 Å². The van der Waals surface area contributed by atoms with E-state index < -0.39 is 242 Å². The number of fused-ring (bicyclic) bond motifs is 5. The largest absolute Gasteiger partial charge is 0.397 e. The molecule has 6 heterocycles. The average molecular weight is 1420 g/mol. The summed E-state index contributed by atoms with van der Waals surface area (Å²) in [5.74, 6) is -0.986. The lowest BCUT2D eigenvalue weighted by Gasteiger charge is -2.60. The van der Waals surface area contributed by atoms with Gasteiger partial charge in [0.1, 0.15) is 128 Å². The predicted octanol–water partition coefficient (Wildman–Crippen LogP) is -4.46. The van der Waals surface area contributed by atoms with E-state index in [9.17, 15) is 99.5 Å². The SMILES string of the molecule is CC(C)CC(=O)CC(C)(O)[C@H]1CCC2C3CC(OC4OC(C)C(O)C(OC5OC(C)C(OC6OC(CO)C(OC7OC(CO)C(O)C(O)C7O)C(O)C6OC6OC(C)C(O)C(O)C6O)C(O)C5OC5OC(C)C(O)C(O)C5O)C4O)C4C[C@@H](OS(=O)(=O)O)CC[C@]4(C)C3=CC[C@@]21C. The number of allylic oxidation sites excluding steroid dienone is 2. The van der Waals surface area contributed by atoms with Crippen LogP contribution in [-0.4, -0.2) is 316 Å². The van der Waals surface area contributed by atoms with Crippen molar-refractivity contribution in [3.05, 3.63) is 11.6 Å². The van der Waals surface area contributed by atoms with Crippen LogP contribution in [0.25, 0.3) is 0 Å². The Morgan fingerprint density at radius 3 is 1.58 bits per heavy atom. The van der Waals surface area contributed by atoms with Crippen molar-refractivity contribution in [3.63, 3.8) is 0 Å². The molecule has 6 aliphatic heterocycles. The second kappa shape index (κ2) is 30.3. The van der Waals surface area contributed by atoms with Crippen molar-refractivity contribution in [1.29, 1.82) is 0 Å². The number of hydrogen-bond donors (Lipinski definition) is 17. The highest BCUT2D eigenvalue weighted by atomic mass is 32.3. The Balaban J connectivity index is 0.938. The lowest BCUT2D eigenvalue weighted by atomic mass is 9.47. The van der Waals surface area contributed by atoms with Gasteiger partial charge in [-0.25, -0.2) is 4.18 Å². The van der Waals surface area contributed by atoms with Gasteiger partial charge in [0.2, 0.25) is 0 Å². The van der Waals surface area contributed by atoms with Gasteiger partial charge in [0.05, 0.1) is 55.4 Å². The lowest BCUT2D eigenvalue weighted by molar-refractivity contribution is -0.413. The number of rotatable bonds is 21. The molecule has 39 atom stereocenters. The Bertz CT molecular complexity index is 2790. The topological polar surface area (TPSA) is 515 Å². The van der Waals surface area contributed by atoms with Gasteiger partial charge in [-0.1, -0.05) is 39.3 Å². The van der Waals surface area contributed by atoms with Crippen LogP contribution in [-0.2, 0) is 76.2 Å². The number of carbonyl (C=O) groups excluding carboxylic acids is 1. The summed E-state index contributed by atoms with van der Waals surface area (Å²) in [4.78, 5) is 13.3. The molecule has 0 aromatic rings. The lowest BCUT2D eigenvalue weighted by Crippen LogP contribution is -2.69. The monoisotopic (exact) mass is 1420 g/mol. The van der Waals surface area contributed by atoms with E-state index in [1.165, 1.54) is 27.7 Å². The molecule has 97 heavy (non-hydrogen) atoms. The third-order valence-electron chi connectivity index (χ3n) is 22.7. The highest BCUT2D eigenvalue weighted by Gasteiger charge is 2.64. The van der Waals surface area contributed by atoms with Crippen LogP contribution >= 0.6 is 0 Å². The first-order valence-corrected chi connectivity index (χ1v) is 35.2. The minimum Gasteiger partial charge on any atom is -0.394 e. The summed E-state index contributed by atoms with van der Waals surface area (Å²) in [5, 5.41) is 180. The molecular formula is C63H104O33S. The summed E-state index contributed by atoms with van der Waals surface area (Å²) in [6.07, 6.45) is -50.8. The minimum atomic E-state index is -4.92. The fraction of sp³-hybridized carbons (Fsp3) is 0.952. The van der Waals surface area contributed by atoms with Gasteiger partial charge >= 0.3 is 10.4 Å². The zero-order chi connectivity index (χ0) is 71.2. The molecule has 6 saturated heterocycles. The van der Waals surface area contributed by atoms with Crippen LogP contribution in [0.2, 0.25) is 0 Å². The van der Waals surface area contributed by atoms with Crippen molar-refractivity contribution in [2.75, 3.05) is 13.2 Å². The summed E-state index contributed by atoms with van der Waals surface area (Å²) < 4.78 is 114. The molecule has 0 bridgehead atoms. The Morgan fingerprint density at radius 2 is 1.02 bits per heavy atom. The summed E-state index contributed by atoms with van der Waals surface area (Å²) in [7, 11) is -4.92. The third-order valence-corrected chi connectivity index (χ3v) is 23.2. The number of aliphatic hydroxyl groups excluding tert-OH is 15. The number of ketones is 1. The first-order chi connectivity index (χ1) is 45.3. The molecule has 0 radical (unpaired) electrons. The predicted molar refractivity (Wildman–Crippen MR) is 323 cm³/mol. The molecule has 4 aliphatic carbocycles. The Hall–Kier alpha value is -1.84. The summed E-state index contributed by atoms with van der Waals surface area (Å²) in [6.45, 7) is 13.4. The van der Waals surface area contributed by atoms with Gasteiger partial charge < -0.3 is 139 Å². The number of Topliss-reactive ketones (excluding diaryl/α,β-unsaturated/α-hetero) is 1. The van der Waals surface area contributed by atoms with Crippen molar-refractivity contribution in [3.8, 4) is 0 Å². The maximum Gasteiger partial charge on any atom is 0.397 e. The van der Waals surface area contributed by atoms with Gasteiger partial charge in [0, 0.05) is 12.8 Å². The normalized spacial score (nSPS) is 52.0. The number of aliphatic hydroxyl groups is 16. The van der Waals surface area contributed by atoms with Crippen molar-refractivity contribution in [2.24, 2.45) is 40.4 Å². The first kappa shape index (κ1) is 77.8. The van der Waals surface area contributed by atoms with Crippen LogP contribution in [0.3, 0.4) is 0 Å². The van der Waals surface area contributed by atoms with E-state index in [1.807, 2.05) is 13.8 Å². The molecule has 35 unspecified atom stereocenters. The summed E-state index contributed by atoms with van der Waals surface area (Å²) in [6, 6.07) is 0. The van der Waals surface area contributed by atoms with Crippen molar-refractivity contribution >= 4 is 16.2 Å². The molecule has 560 valence electrons. The van der Waals surface area contributed by atoms with E-state index in [1.54, 1.807) is 6.92 Å². The second-order valence-corrected chi connectivity index (χ2v) is 31.0. The van der Waals surface area contributed by atoms with Crippen LogP contribution in [0.4, 0.5) is 0 Å². The number of ether oxygens (including phenoxy) is 12. The van der Waals surface area contributed by atoms with E-state index in [-0.39, 0.29) is 55.1 Å². The molecule has 34 heteroatoms. The molecule has 0 spiro atoms. The molecule has 10 rings (SSSR count). The molecule has 17 N–H and O–H groups in total. The molecular weight excluding hydrogens is 1320 g/mol. The fourth-order valence-corrected chi connectivity index (χ4v) is 18.1. The third kappa shape index (κ3) is 15.5. The van der Waals surface area contributed by atoms with Gasteiger partial charge in [-0.3, -0.25) is 9.35 Å². The van der Waals surface area contributed by atoms with E-state index in [4.69, 9.17) is 61.0 Å². The fourth-order valence-electron chi connectivity index (χ4n) is 17.5. The Labute approximate surface area is 562 Å². The molecule has 0 aromatic carbocycles. The number of hydrogen-bond acceptors (Lipinski definition) is 32. The maximum absolute atomic E-state index is 13.3. The van der Waals surface area contributed by atoms with Gasteiger partial charge in [0.25, 0.3) is 0 Å². The van der Waals surface area contributed by atoms with Crippen LogP contribution < -0.4 is 0 Å². The van der Waals surface area contributed by atoms with E-state index >= 15 is 0 Å². The minimum absolute atomic E-state index is 0.0126. The van der Waals surface area contributed by atoms with Crippen molar-refractivity contribution in [1.82, 2.24) is 0 Å². The van der Waals surface area contributed by atoms with Crippen LogP contribution in [0.1, 0.15) is 120 Å². The van der Waals surface area contributed by atoms with Crippen molar-refractivity contribution in [2.45, 2.75) is 322 Å². The van der Waals surface area contributed by atoms with E-state index in [0.717, 1.165) is 5.57 Å². The number of carbonyl (C=O) groups is 1. The standard InChI is InChI=1S/C63H104O33S/c1-22(2)16-27(66)19-63(9,80)36-11-10-30-29-18-33(32-17-28(96-97(81,82)83)12-14-61(32,7)31(29)13-15-62(30,36)8)88-58-49(79)52(39(69)25(5)86-58)93-59-53(94-55-44(74)41(71)37(67)23(3)84-55)47(77)50(26(6)87-59)91-60-54(95-56-45(75)42(72)38(68)24(4)85-56)48(78)51(35(21-65)90-60)92-57-46(76)43(73)40(70)34(20-64)89-57/h13,22-26,28-30,32-60,64-65,67-80H,10-12,14-21H2,1-9H3,(H,81,82,83)/t23?,24?,25?,26?,28-,29?,30?,32?,33?,34?,35?,36-,37?,38?,39?,40?,41?,42?,43?,44?,45?,46?,47?,48?,49?,50?,51?,52?,53?,54?,55?,56?,57?,58?,59?,60?,61+,62-,63?/m0/s1.